The fourth-order valence-corrected chi connectivity index (χ4v) is 2.73. The summed E-state index contributed by atoms with van der Waals surface area (Å²) in [6, 6.07) is 5.27. The molecule has 0 N–H and O–H groups in total. The number of halogens is 2. The first-order chi connectivity index (χ1) is 9.08. The van der Waals surface area contributed by atoms with Gasteiger partial charge in [-0.3, -0.25) is 0 Å². The lowest BCUT2D eigenvalue weighted by Gasteiger charge is -2.28. The zero-order chi connectivity index (χ0) is 13.8. The van der Waals surface area contributed by atoms with Crippen molar-refractivity contribution in [2.24, 2.45) is 0 Å². The minimum absolute atomic E-state index is 0.139. The lowest BCUT2D eigenvalue weighted by atomic mass is 10.1. The fourth-order valence-electron chi connectivity index (χ4n) is 2.24. The van der Waals surface area contributed by atoms with E-state index in [1.54, 1.807) is 6.07 Å². The van der Waals surface area contributed by atoms with E-state index in [1.807, 2.05) is 26.0 Å². The first-order valence-electron chi connectivity index (χ1n) is 6.75. The standard InChI is InChI=1S/C15H20BrFO2/c1-10-6-7-12(13(17)9-10)15(16)11(2)19-14-5-3-4-8-18-14/h6-7,9,11,14-15H,3-5,8H2,1-2H3. The Bertz CT molecular complexity index is 419. The Balaban J connectivity index is 1.99. The van der Waals surface area contributed by atoms with E-state index >= 15 is 0 Å². The maximum absolute atomic E-state index is 13.9. The van der Waals surface area contributed by atoms with Crippen molar-refractivity contribution in [2.75, 3.05) is 6.61 Å². The van der Waals surface area contributed by atoms with Crippen LogP contribution in [0, 0.1) is 12.7 Å². The predicted molar refractivity (Wildman–Crippen MR) is 76.9 cm³/mol. The van der Waals surface area contributed by atoms with E-state index in [1.165, 1.54) is 0 Å². The second-order valence-electron chi connectivity index (χ2n) is 5.06. The van der Waals surface area contributed by atoms with Crippen LogP contribution < -0.4 is 0 Å². The number of aryl methyl sites for hydroxylation is 1. The molecule has 4 heteroatoms. The van der Waals surface area contributed by atoms with Crippen LogP contribution in [0.5, 0.6) is 0 Å². The van der Waals surface area contributed by atoms with Crippen LogP contribution >= 0.6 is 15.9 Å². The second kappa shape index (κ2) is 6.82. The van der Waals surface area contributed by atoms with Crippen LogP contribution in [0.1, 0.15) is 42.1 Å². The Hall–Kier alpha value is -0.450. The number of ether oxygens (including phenoxy) is 2. The van der Waals surface area contributed by atoms with Crippen LogP contribution in [0.4, 0.5) is 4.39 Å². The molecular weight excluding hydrogens is 311 g/mol. The molecule has 2 nitrogen and oxygen atoms in total. The van der Waals surface area contributed by atoms with Gasteiger partial charge in [-0.15, -0.1) is 0 Å². The number of hydrogen-bond acceptors (Lipinski definition) is 2. The molecule has 3 atom stereocenters. The van der Waals surface area contributed by atoms with Gasteiger partial charge in [0.1, 0.15) is 5.82 Å². The third-order valence-corrected chi connectivity index (χ3v) is 4.61. The van der Waals surface area contributed by atoms with Crippen LogP contribution in [0.15, 0.2) is 18.2 Å². The van der Waals surface area contributed by atoms with Crippen molar-refractivity contribution in [1.82, 2.24) is 0 Å². The van der Waals surface area contributed by atoms with E-state index in [2.05, 4.69) is 15.9 Å². The Morgan fingerprint density at radius 3 is 2.84 bits per heavy atom. The SMILES string of the molecule is Cc1ccc(C(Br)C(C)OC2CCCCO2)c(F)c1. The van der Waals surface area contributed by atoms with E-state index in [0.29, 0.717) is 5.56 Å². The molecule has 2 rings (SSSR count). The summed E-state index contributed by atoms with van der Waals surface area (Å²) in [6.07, 6.45) is 2.85. The van der Waals surface area contributed by atoms with Gasteiger partial charge in [-0.25, -0.2) is 4.39 Å². The van der Waals surface area contributed by atoms with Crippen molar-refractivity contribution >= 4 is 15.9 Å². The minimum atomic E-state index is -0.193. The Morgan fingerprint density at radius 2 is 2.21 bits per heavy atom. The molecule has 0 amide bonds. The van der Waals surface area contributed by atoms with Gasteiger partial charge in [0.25, 0.3) is 0 Å². The zero-order valence-electron chi connectivity index (χ0n) is 11.4. The summed E-state index contributed by atoms with van der Waals surface area (Å²) in [5.41, 5.74) is 1.55. The third-order valence-electron chi connectivity index (χ3n) is 3.37. The Morgan fingerprint density at radius 1 is 1.42 bits per heavy atom. The molecular formula is C15H20BrFO2. The molecule has 1 aromatic rings. The van der Waals surface area contributed by atoms with Gasteiger partial charge in [0.15, 0.2) is 6.29 Å². The monoisotopic (exact) mass is 330 g/mol. The quantitative estimate of drug-likeness (QED) is 0.756. The molecule has 0 saturated carbocycles. The van der Waals surface area contributed by atoms with Crippen molar-refractivity contribution in [1.29, 1.82) is 0 Å². The average Bonchev–Trinajstić information content (AvgIpc) is 2.39. The Labute approximate surface area is 122 Å². The van der Waals surface area contributed by atoms with Crippen molar-refractivity contribution in [3.8, 4) is 0 Å². The molecule has 3 unspecified atom stereocenters. The van der Waals surface area contributed by atoms with Gasteiger partial charge in [0.2, 0.25) is 0 Å². The molecule has 1 aliphatic heterocycles. The molecule has 1 fully saturated rings. The van der Waals surface area contributed by atoms with E-state index in [9.17, 15) is 4.39 Å². The minimum Gasteiger partial charge on any atom is -0.353 e. The van der Waals surface area contributed by atoms with Gasteiger partial charge in [-0.05, 0) is 44.7 Å². The average molecular weight is 331 g/mol. The zero-order valence-corrected chi connectivity index (χ0v) is 13.0. The smallest absolute Gasteiger partial charge is 0.158 e. The van der Waals surface area contributed by atoms with E-state index < -0.39 is 0 Å². The largest absolute Gasteiger partial charge is 0.353 e. The molecule has 19 heavy (non-hydrogen) atoms. The highest BCUT2D eigenvalue weighted by Gasteiger charge is 2.24. The van der Waals surface area contributed by atoms with E-state index in [0.717, 1.165) is 31.4 Å². The number of hydrogen-bond donors (Lipinski definition) is 0. The number of rotatable bonds is 4. The Kier molecular flexibility index (Phi) is 5.37. The second-order valence-corrected chi connectivity index (χ2v) is 6.05. The normalized spacial score (nSPS) is 23.1. The molecule has 1 saturated heterocycles. The van der Waals surface area contributed by atoms with Crippen molar-refractivity contribution in [3.05, 3.63) is 35.1 Å². The van der Waals surface area contributed by atoms with Crippen molar-refractivity contribution in [2.45, 2.75) is 50.3 Å². The van der Waals surface area contributed by atoms with Crippen LogP contribution in [-0.2, 0) is 9.47 Å². The van der Waals surface area contributed by atoms with Crippen LogP contribution in [-0.4, -0.2) is 19.0 Å². The summed E-state index contributed by atoms with van der Waals surface area (Å²) < 4.78 is 25.3. The third kappa shape index (κ3) is 4.01. The summed E-state index contributed by atoms with van der Waals surface area (Å²) in [7, 11) is 0. The van der Waals surface area contributed by atoms with Gasteiger partial charge in [-0.1, -0.05) is 28.1 Å². The van der Waals surface area contributed by atoms with Crippen molar-refractivity contribution in [3.63, 3.8) is 0 Å². The maximum atomic E-state index is 13.9. The van der Waals surface area contributed by atoms with Crippen LogP contribution in [0.2, 0.25) is 0 Å². The first kappa shape index (κ1) is 14.9. The van der Waals surface area contributed by atoms with E-state index in [-0.39, 0.29) is 23.0 Å². The summed E-state index contributed by atoms with van der Waals surface area (Å²) in [6.45, 7) is 4.58. The summed E-state index contributed by atoms with van der Waals surface area (Å²) in [5, 5.41) is 0. The van der Waals surface area contributed by atoms with Gasteiger partial charge < -0.3 is 9.47 Å². The molecule has 1 aliphatic rings. The highest BCUT2D eigenvalue weighted by molar-refractivity contribution is 9.09. The molecule has 106 valence electrons. The summed E-state index contributed by atoms with van der Waals surface area (Å²) in [4.78, 5) is -0.168. The first-order valence-corrected chi connectivity index (χ1v) is 7.66. The summed E-state index contributed by atoms with van der Waals surface area (Å²) in [5.74, 6) is -0.193. The van der Waals surface area contributed by atoms with Gasteiger partial charge in [0, 0.05) is 12.2 Å². The topological polar surface area (TPSA) is 18.5 Å². The molecule has 1 aromatic carbocycles. The van der Waals surface area contributed by atoms with Gasteiger partial charge >= 0.3 is 0 Å². The highest BCUT2D eigenvalue weighted by atomic mass is 79.9. The lowest BCUT2D eigenvalue weighted by Crippen LogP contribution is -2.28. The number of alkyl halides is 1. The molecule has 0 bridgehead atoms. The van der Waals surface area contributed by atoms with Gasteiger partial charge in [-0.2, -0.15) is 0 Å². The molecule has 0 radical (unpaired) electrons. The predicted octanol–water partition coefficient (Wildman–Crippen LogP) is 4.50. The molecule has 0 aromatic heterocycles. The fraction of sp³-hybridized carbons (Fsp3) is 0.600. The molecule has 0 aliphatic carbocycles. The molecule has 0 spiro atoms. The molecule has 1 heterocycles. The van der Waals surface area contributed by atoms with Crippen LogP contribution in [0.25, 0.3) is 0 Å². The highest BCUT2D eigenvalue weighted by Crippen LogP contribution is 2.32. The van der Waals surface area contributed by atoms with Crippen LogP contribution in [0.3, 0.4) is 0 Å². The lowest BCUT2D eigenvalue weighted by molar-refractivity contribution is -0.184. The summed E-state index contributed by atoms with van der Waals surface area (Å²) >= 11 is 3.53. The maximum Gasteiger partial charge on any atom is 0.158 e. The van der Waals surface area contributed by atoms with E-state index in [4.69, 9.17) is 9.47 Å². The van der Waals surface area contributed by atoms with Gasteiger partial charge in [0.05, 0.1) is 10.9 Å². The number of benzene rings is 1. The van der Waals surface area contributed by atoms with Crippen molar-refractivity contribution < 1.29 is 13.9 Å².